The van der Waals surface area contributed by atoms with Gasteiger partial charge in [-0.05, 0) is 19.1 Å². The lowest BCUT2D eigenvalue weighted by Gasteiger charge is -2.14. The number of aromatic nitrogens is 3. The minimum absolute atomic E-state index is 0.423. The highest BCUT2D eigenvalue weighted by atomic mass is 32.1. The molecule has 0 amide bonds. The van der Waals surface area contributed by atoms with E-state index < -0.39 is 6.23 Å². The van der Waals surface area contributed by atoms with Gasteiger partial charge in [0.2, 0.25) is 5.13 Å². The Bertz CT molecular complexity index is 525. The maximum atomic E-state index is 9.92. The monoisotopic (exact) mass is 279 g/mol. The van der Waals surface area contributed by atoms with E-state index >= 15 is 0 Å². The van der Waals surface area contributed by atoms with E-state index in [4.69, 9.17) is 0 Å². The zero-order valence-corrected chi connectivity index (χ0v) is 12.0. The molecule has 7 heteroatoms. The van der Waals surface area contributed by atoms with E-state index in [1.54, 1.807) is 6.20 Å². The number of nitrogens with one attached hydrogen (secondary N) is 1. The fourth-order valence-corrected chi connectivity index (χ4v) is 2.19. The predicted molar refractivity (Wildman–Crippen MR) is 76.5 cm³/mol. The molecule has 2 rings (SSSR count). The number of anilines is 2. The van der Waals surface area contributed by atoms with Gasteiger partial charge in [-0.1, -0.05) is 11.3 Å². The van der Waals surface area contributed by atoms with E-state index in [0.717, 1.165) is 16.4 Å². The van der Waals surface area contributed by atoms with E-state index in [1.807, 2.05) is 38.1 Å². The molecule has 2 N–H and O–H groups in total. The van der Waals surface area contributed by atoms with Crippen LogP contribution in [-0.4, -0.2) is 40.6 Å². The van der Waals surface area contributed by atoms with Gasteiger partial charge in [-0.3, -0.25) is 4.98 Å². The van der Waals surface area contributed by atoms with E-state index in [-0.39, 0.29) is 0 Å². The lowest BCUT2D eigenvalue weighted by Crippen LogP contribution is -2.22. The number of aliphatic hydroxyl groups excluding tert-OH is 1. The summed E-state index contributed by atoms with van der Waals surface area (Å²) in [6.45, 7) is 1.87. The summed E-state index contributed by atoms with van der Waals surface area (Å²) in [5.74, 6) is 0. The Balaban J connectivity index is 1.93. The molecule has 2 heterocycles. The van der Waals surface area contributed by atoms with Gasteiger partial charge >= 0.3 is 0 Å². The molecule has 102 valence electrons. The number of aliphatic hydroxyl groups is 1. The molecule has 0 saturated heterocycles. The maximum absolute atomic E-state index is 9.92. The summed E-state index contributed by atoms with van der Waals surface area (Å²) in [5.41, 5.74) is 1.86. The van der Waals surface area contributed by atoms with E-state index in [1.165, 1.54) is 11.3 Å². The normalized spacial score (nSPS) is 12.2. The summed E-state index contributed by atoms with van der Waals surface area (Å²) in [6.07, 6.45) is 1.49. The molecule has 0 radical (unpaired) electrons. The highest BCUT2D eigenvalue weighted by Crippen LogP contribution is 2.16. The Labute approximate surface area is 116 Å². The van der Waals surface area contributed by atoms with Crippen molar-refractivity contribution < 1.29 is 5.11 Å². The first-order chi connectivity index (χ1) is 9.04. The highest BCUT2D eigenvalue weighted by Gasteiger charge is 2.09. The summed E-state index contributed by atoms with van der Waals surface area (Å²) in [7, 11) is 3.93. The summed E-state index contributed by atoms with van der Waals surface area (Å²) >= 11 is 1.41. The van der Waals surface area contributed by atoms with Crippen LogP contribution >= 0.6 is 11.3 Å². The third-order valence-electron chi connectivity index (χ3n) is 2.54. The molecule has 2 aromatic rings. The van der Waals surface area contributed by atoms with Crippen LogP contribution in [0.3, 0.4) is 0 Å². The number of hydrogen-bond donors (Lipinski definition) is 2. The maximum Gasteiger partial charge on any atom is 0.207 e. The smallest absolute Gasteiger partial charge is 0.207 e. The second-order valence-corrected chi connectivity index (χ2v) is 5.57. The van der Waals surface area contributed by atoms with Crippen LogP contribution in [0.1, 0.15) is 10.7 Å². The SMILES string of the molecule is Cc1nnc(NC(O)Cc2ccc(N(C)C)cn2)s1. The molecule has 6 nitrogen and oxygen atoms in total. The molecule has 0 aliphatic carbocycles. The first-order valence-electron chi connectivity index (χ1n) is 5.91. The van der Waals surface area contributed by atoms with Crippen molar-refractivity contribution in [2.24, 2.45) is 0 Å². The molecular weight excluding hydrogens is 262 g/mol. The fourth-order valence-electron chi connectivity index (χ4n) is 1.55. The average Bonchev–Trinajstić information content (AvgIpc) is 2.75. The lowest BCUT2D eigenvalue weighted by atomic mass is 10.2. The summed E-state index contributed by atoms with van der Waals surface area (Å²) in [4.78, 5) is 6.29. The standard InChI is InChI=1S/C12H17N5OS/c1-8-15-16-12(19-8)14-11(18)6-9-4-5-10(7-13-9)17(2)3/h4-5,7,11,18H,6H2,1-3H3,(H,14,16). The van der Waals surface area contributed by atoms with Gasteiger partial charge in [0, 0.05) is 26.2 Å². The summed E-state index contributed by atoms with van der Waals surface area (Å²) in [6, 6.07) is 3.88. The summed E-state index contributed by atoms with van der Waals surface area (Å²) < 4.78 is 0. The second-order valence-electron chi connectivity index (χ2n) is 4.39. The first kappa shape index (κ1) is 13.7. The molecule has 0 aliphatic heterocycles. The minimum Gasteiger partial charge on any atom is -0.376 e. The van der Waals surface area contributed by atoms with Crippen LogP contribution in [0.4, 0.5) is 10.8 Å². The van der Waals surface area contributed by atoms with Crippen molar-refractivity contribution in [3.8, 4) is 0 Å². The number of hydrogen-bond acceptors (Lipinski definition) is 7. The average molecular weight is 279 g/mol. The molecule has 1 unspecified atom stereocenters. The van der Waals surface area contributed by atoms with Crippen molar-refractivity contribution in [3.05, 3.63) is 29.0 Å². The molecular formula is C12H17N5OS. The molecule has 0 aromatic carbocycles. The Morgan fingerprint density at radius 2 is 2.16 bits per heavy atom. The van der Waals surface area contributed by atoms with E-state index in [0.29, 0.717) is 11.6 Å². The number of aryl methyl sites for hydroxylation is 1. The third kappa shape index (κ3) is 3.87. The predicted octanol–water partition coefficient (Wildman–Crippen LogP) is 1.28. The number of pyridine rings is 1. The molecule has 0 saturated carbocycles. The van der Waals surface area contributed by atoms with Crippen LogP contribution in [0.15, 0.2) is 18.3 Å². The Kier molecular flexibility index (Phi) is 4.28. The third-order valence-corrected chi connectivity index (χ3v) is 3.31. The second kappa shape index (κ2) is 5.94. The van der Waals surface area contributed by atoms with Crippen LogP contribution in [0.5, 0.6) is 0 Å². The molecule has 2 aromatic heterocycles. The van der Waals surface area contributed by atoms with Crippen LogP contribution in [0.2, 0.25) is 0 Å². The quantitative estimate of drug-likeness (QED) is 0.803. The Morgan fingerprint density at radius 3 is 2.68 bits per heavy atom. The van der Waals surface area contributed by atoms with Crippen molar-refractivity contribution in [2.45, 2.75) is 19.6 Å². The zero-order valence-electron chi connectivity index (χ0n) is 11.2. The molecule has 0 bridgehead atoms. The van der Waals surface area contributed by atoms with Crippen molar-refractivity contribution in [1.82, 2.24) is 15.2 Å². The van der Waals surface area contributed by atoms with Crippen molar-refractivity contribution >= 4 is 22.2 Å². The van der Waals surface area contributed by atoms with Crippen molar-refractivity contribution in [1.29, 1.82) is 0 Å². The molecule has 0 fully saturated rings. The van der Waals surface area contributed by atoms with Gasteiger partial charge in [0.05, 0.1) is 11.9 Å². The van der Waals surface area contributed by atoms with Gasteiger partial charge in [0.15, 0.2) is 0 Å². The van der Waals surface area contributed by atoms with E-state index in [2.05, 4.69) is 20.5 Å². The van der Waals surface area contributed by atoms with E-state index in [9.17, 15) is 5.11 Å². The van der Waals surface area contributed by atoms with Gasteiger partial charge in [-0.15, -0.1) is 10.2 Å². The summed E-state index contributed by atoms with van der Waals surface area (Å²) in [5, 5.41) is 22.1. The topological polar surface area (TPSA) is 74.2 Å². The zero-order chi connectivity index (χ0) is 13.8. The van der Waals surface area contributed by atoms with Gasteiger partial charge in [0.25, 0.3) is 0 Å². The lowest BCUT2D eigenvalue weighted by molar-refractivity contribution is 0.202. The van der Waals surface area contributed by atoms with Crippen molar-refractivity contribution in [2.75, 3.05) is 24.3 Å². The molecule has 19 heavy (non-hydrogen) atoms. The minimum atomic E-state index is -0.718. The van der Waals surface area contributed by atoms with Crippen molar-refractivity contribution in [3.63, 3.8) is 0 Å². The number of rotatable bonds is 5. The fraction of sp³-hybridized carbons (Fsp3) is 0.417. The number of nitrogens with zero attached hydrogens (tertiary/aromatic N) is 4. The highest BCUT2D eigenvalue weighted by molar-refractivity contribution is 7.15. The molecule has 1 atom stereocenters. The largest absolute Gasteiger partial charge is 0.376 e. The van der Waals surface area contributed by atoms with Crippen LogP contribution < -0.4 is 10.2 Å². The van der Waals surface area contributed by atoms with Gasteiger partial charge in [-0.25, -0.2) is 0 Å². The van der Waals surface area contributed by atoms with Gasteiger partial charge in [-0.2, -0.15) is 0 Å². The molecule has 0 aliphatic rings. The Hall–Kier alpha value is -1.73. The molecule has 0 spiro atoms. The first-order valence-corrected chi connectivity index (χ1v) is 6.73. The van der Waals surface area contributed by atoms with Crippen LogP contribution in [-0.2, 0) is 6.42 Å². The Morgan fingerprint density at radius 1 is 1.37 bits per heavy atom. The van der Waals surface area contributed by atoms with Crippen LogP contribution in [0.25, 0.3) is 0 Å². The van der Waals surface area contributed by atoms with Gasteiger partial charge in [0.1, 0.15) is 11.2 Å². The van der Waals surface area contributed by atoms with Gasteiger partial charge < -0.3 is 15.3 Å². The van der Waals surface area contributed by atoms with Crippen LogP contribution in [0, 0.1) is 6.92 Å².